The number of carboxylic acid groups (broad SMARTS) is 1. The molecule has 0 aliphatic carbocycles. The molecule has 1 fully saturated rings. The van der Waals surface area contributed by atoms with Gasteiger partial charge in [-0.3, -0.25) is 9.59 Å². The number of urea groups is 1. The van der Waals surface area contributed by atoms with Crippen molar-refractivity contribution in [3.05, 3.63) is 0 Å². The van der Waals surface area contributed by atoms with Crippen LogP contribution >= 0.6 is 11.8 Å². The molecule has 1 saturated heterocycles. The molecule has 0 saturated carbocycles. The SMILES string of the molecule is CCOC(=O)CN(C)C(=O)N1CCSCC1CC(=O)O. The fraction of sp³-hybridized carbons (Fsp3) is 0.750. The minimum Gasteiger partial charge on any atom is -0.481 e. The van der Waals surface area contributed by atoms with Crippen LogP contribution in [0.3, 0.4) is 0 Å². The minimum atomic E-state index is -0.927. The van der Waals surface area contributed by atoms with Crippen molar-refractivity contribution in [1.82, 2.24) is 9.80 Å². The minimum absolute atomic E-state index is 0.0774. The summed E-state index contributed by atoms with van der Waals surface area (Å²) in [5.41, 5.74) is 0. The van der Waals surface area contributed by atoms with Crippen molar-refractivity contribution < 1.29 is 24.2 Å². The molecule has 1 unspecified atom stereocenters. The molecule has 8 heteroatoms. The first-order chi connectivity index (χ1) is 9.45. The van der Waals surface area contributed by atoms with Gasteiger partial charge in [0.15, 0.2) is 0 Å². The van der Waals surface area contributed by atoms with Crippen molar-refractivity contribution in [3.8, 4) is 0 Å². The Morgan fingerprint density at radius 3 is 2.75 bits per heavy atom. The average Bonchev–Trinajstić information content (AvgIpc) is 2.38. The average molecular weight is 304 g/mol. The van der Waals surface area contributed by atoms with Crippen molar-refractivity contribution in [2.75, 3.05) is 38.2 Å². The topological polar surface area (TPSA) is 87.2 Å². The van der Waals surface area contributed by atoms with Gasteiger partial charge in [-0.15, -0.1) is 0 Å². The summed E-state index contributed by atoms with van der Waals surface area (Å²) in [4.78, 5) is 37.3. The first-order valence-electron chi connectivity index (χ1n) is 6.42. The van der Waals surface area contributed by atoms with Gasteiger partial charge in [0.1, 0.15) is 6.54 Å². The Hall–Kier alpha value is -1.44. The molecular weight excluding hydrogens is 284 g/mol. The van der Waals surface area contributed by atoms with E-state index in [2.05, 4.69) is 0 Å². The number of likely N-dealkylation sites (N-methyl/N-ethyl adjacent to an activating group) is 1. The molecule has 1 heterocycles. The lowest BCUT2D eigenvalue weighted by atomic mass is 10.2. The van der Waals surface area contributed by atoms with Crippen molar-refractivity contribution in [2.45, 2.75) is 19.4 Å². The first-order valence-corrected chi connectivity index (χ1v) is 7.58. The van der Waals surface area contributed by atoms with Gasteiger partial charge >= 0.3 is 18.0 Å². The number of amides is 2. The Balaban J connectivity index is 2.62. The van der Waals surface area contributed by atoms with Crippen LogP contribution < -0.4 is 0 Å². The maximum absolute atomic E-state index is 12.3. The number of carbonyl (C=O) groups is 3. The quantitative estimate of drug-likeness (QED) is 0.744. The molecule has 1 atom stereocenters. The summed E-state index contributed by atoms with van der Waals surface area (Å²) >= 11 is 1.63. The van der Waals surface area contributed by atoms with Crippen LogP contribution in [0.5, 0.6) is 0 Å². The summed E-state index contributed by atoms with van der Waals surface area (Å²) in [5.74, 6) is -0.0201. The smallest absolute Gasteiger partial charge is 0.325 e. The predicted octanol–water partition coefficient (Wildman–Crippen LogP) is 0.493. The summed E-state index contributed by atoms with van der Waals surface area (Å²) in [6, 6.07) is -0.659. The lowest BCUT2D eigenvalue weighted by Crippen LogP contribution is -2.52. The molecule has 0 radical (unpaired) electrons. The maximum Gasteiger partial charge on any atom is 0.325 e. The highest BCUT2D eigenvalue weighted by Crippen LogP contribution is 2.20. The van der Waals surface area contributed by atoms with Crippen molar-refractivity contribution in [3.63, 3.8) is 0 Å². The number of thioether (sulfide) groups is 1. The Kier molecular flexibility index (Phi) is 6.63. The van der Waals surface area contributed by atoms with E-state index < -0.39 is 11.9 Å². The molecule has 0 aromatic rings. The molecule has 0 aromatic carbocycles. The number of ether oxygens (including phenoxy) is 1. The van der Waals surface area contributed by atoms with Gasteiger partial charge in [-0.1, -0.05) is 0 Å². The zero-order valence-electron chi connectivity index (χ0n) is 11.7. The summed E-state index contributed by atoms with van der Waals surface area (Å²) in [6.07, 6.45) is -0.0774. The Morgan fingerprint density at radius 1 is 1.45 bits per heavy atom. The van der Waals surface area contributed by atoms with Crippen LogP contribution in [0.1, 0.15) is 13.3 Å². The van der Waals surface area contributed by atoms with Crippen molar-refractivity contribution in [1.29, 1.82) is 0 Å². The third-order valence-corrected chi connectivity index (χ3v) is 3.97. The van der Waals surface area contributed by atoms with Gasteiger partial charge in [-0.2, -0.15) is 11.8 Å². The fourth-order valence-corrected chi connectivity index (χ4v) is 3.03. The molecule has 0 spiro atoms. The highest BCUT2D eigenvalue weighted by Gasteiger charge is 2.31. The Labute approximate surface area is 122 Å². The predicted molar refractivity (Wildman–Crippen MR) is 74.7 cm³/mol. The molecule has 114 valence electrons. The summed E-state index contributed by atoms with van der Waals surface area (Å²) in [5, 5.41) is 8.88. The summed E-state index contributed by atoms with van der Waals surface area (Å²) in [7, 11) is 1.51. The zero-order valence-corrected chi connectivity index (χ0v) is 12.5. The van der Waals surface area contributed by atoms with Crippen molar-refractivity contribution in [2.24, 2.45) is 0 Å². The first kappa shape index (κ1) is 16.6. The van der Waals surface area contributed by atoms with Crippen LogP contribution in [0.2, 0.25) is 0 Å². The van der Waals surface area contributed by atoms with Gasteiger partial charge in [0.2, 0.25) is 0 Å². The number of aliphatic carboxylic acids is 1. The van der Waals surface area contributed by atoms with Gasteiger partial charge in [0.25, 0.3) is 0 Å². The van der Waals surface area contributed by atoms with E-state index in [0.29, 0.717) is 12.3 Å². The normalized spacial score (nSPS) is 18.5. The van der Waals surface area contributed by atoms with E-state index in [-0.39, 0.29) is 31.6 Å². The van der Waals surface area contributed by atoms with Crippen LogP contribution in [-0.2, 0) is 14.3 Å². The third kappa shape index (κ3) is 4.92. The maximum atomic E-state index is 12.3. The van der Waals surface area contributed by atoms with Crippen LogP contribution in [0.4, 0.5) is 4.79 Å². The van der Waals surface area contributed by atoms with E-state index in [0.717, 1.165) is 5.75 Å². The number of carboxylic acids is 1. The summed E-state index contributed by atoms with van der Waals surface area (Å²) < 4.78 is 4.79. The molecule has 1 aliphatic heterocycles. The lowest BCUT2D eigenvalue weighted by molar-refractivity contribution is -0.144. The van der Waals surface area contributed by atoms with E-state index >= 15 is 0 Å². The van der Waals surface area contributed by atoms with E-state index in [9.17, 15) is 14.4 Å². The molecule has 1 rings (SSSR count). The molecule has 20 heavy (non-hydrogen) atoms. The third-order valence-electron chi connectivity index (χ3n) is 2.88. The molecule has 7 nitrogen and oxygen atoms in total. The Bertz CT molecular complexity index is 377. The zero-order chi connectivity index (χ0) is 15.1. The van der Waals surface area contributed by atoms with Gasteiger partial charge in [-0.25, -0.2) is 4.79 Å². The second-order valence-electron chi connectivity index (χ2n) is 4.46. The van der Waals surface area contributed by atoms with E-state index in [1.165, 1.54) is 16.8 Å². The van der Waals surface area contributed by atoms with Crippen LogP contribution in [0.15, 0.2) is 0 Å². The molecule has 2 amide bonds. The van der Waals surface area contributed by atoms with Gasteiger partial charge in [0, 0.05) is 25.1 Å². The van der Waals surface area contributed by atoms with Gasteiger partial charge in [0.05, 0.1) is 19.1 Å². The van der Waals surface area contributed by atoms with E-state index in [1.807, 2.05) is 0 Å². The van der Waals surface area contributed by atoms with E-state index in [4.69, 9.17) is 9.84 Å². The largest absolute Gasteiger partial charge is 0.481 e. The lowest BCUT2D eigenvalue weighted by Gasteiger charge is -2.36. The van der Waals surface area contributed by atoms with Crippen LogP contribution in [0.25, 0.3) is 0 Å². The van der Waals surface area contributed by atoms with Crippen LogP contribution in [0, 0.1) is 0 Å². The van der Waals surface area contributed by atoms with E-state index in [1.54, 1.807) is 18.7 Å². The molecule has 1 aliphatic rings. The van der Waals surface area contributed by atoms with Crippen molar-refractivity contribution >= 4 is 29.7 Å². The number of hydrogen-bond donors (Lipinski definition) is 1. The van der Waals surface area contributed by atoms with Crippen LogP contribution in [-0.4, -0.2) is 77.2 Å². The molecule has 0 bridgehead atoms. The highest BCUT2D eigenvalue weighted by atomic mass is 32.2. The number of hydrogen-bond acceptors (Lipinski definition) is 5. The standard InChI is InChI=1S/C12H20N2O5S/c1-3-19-11(17)7-13(2)12(18)14-4-5-20-8-9(14)6-10(15)16/h9H,3-8H2,1-2H3,(H,15,16). The fourth-order valence-electron chi connectivity index (χ4n) is 1.96. The Morgan fingerprint density at radius 2 is 2.15 bits per heavy atom. The number of nitrogens with zero attached hydrogens (tertiary/aromatic N) is 2. The number of carbonyl (C=O) groups excluding carboxylic acids is 2. The number of rotatable bonds is 5. The molecule has 0 aromatic heterocycles. The molecule has 1 N–H and O–H groups in total. The highest BCUT2D eigenvalue weighted by molar-refractivity contribution is 7.99. The van der Waals surface area contributed by atoms with Gasteiger partial charge < -0.3 is 19.6 Å². The van der Waals surface area contributed by atoms with Gasteiger partial charge in [-0.05, 0) is 6.92 Å². The summed E-state index contributed by atoms with van der Waals surface area (Å²) in [6.45, 7) is 2.33. The number of esters is 1. The second-order valence-corrected chi connectivity index (χ2v) is 5.61. The molecular formula is C12H20N2O5S. The monoisotopic (exact) mass is 304 g/mol. The second kappa shape index (κ2) is 7.98.